The zero-order valence-corrected chi connectivity index (χ0v) is 11.4. The maximum Gasteiger partial charge on any atom is 0.238 e. The van der Waals surface area contributed by atoms with Gasteiger partial charge in [0.2, 0.25) is 5.91 Å². The first kappa shape index (κ1) is 14.5. The van der Waals surface area contributed by atoms with Crippen molar-refractivity contribution in [1.82, 2.24) is 4.90 Å². The van der Waals surface area contributed by atoms with Crippen molar-refractivity contribution in [3.63, 3.8) is 0 Å². The fraction of sp³-hybridized carbons (Fsp3) is 0.467. The maximum atomic E-state index is 12.0. The Morgan fingerprint density at radius 2 is 2.20 bits per heavy atom. The van der Waals surface area contributed by atoms with E-state index in [-0.39, 0.29) is 18.6 Å². The number of hydrogen-bond donors (Lipinski definition) is 2. The Morgan fingerprint density at radius 1 is 1.45 bits per heavy atom. The highest BCUT2D eigenvalue weighted by Gasteiger charge is 2.25. The molecular weight excluding hydrogens is 254 g/mol. The summed E-state index contributed by atoms with van der Waals surface area (Å²) in [6, 6.07) is 9.48. The molecule has 106 valence electrons. The number of hydrogen-bond acceptors (Lipinski definition) is 4. The smallest absolute Gasteiger partial charge is 0.238 e. The molecule has 1 saturated heterocycles. The van der Waals surface area contributed by atoms with Gasteiger partial charge in [0.05, 0.1) is 25.6 Å². The molecule has 0 radical (unpaired) electrons. The average molecular weight is 273 g/mol. The zero-order chi connectivity index (χ0) is 14.4. The van der Waals surface area contributed by atoms with Crippen LogP contribution in [0, 0.1) is 11.3 Å². The Hall–Kier alpha value is -1.90. The Balaban J connectivity index is 1.86. The summed E-state index contributed by atoms with van der Waals surface area (Å²) < 4.78 is 0. The summed E-state index contributed by atoms with van der Waals surface area (Å²) >= 11 is 0. The molecule has 1 aliphatic rings. The van der Waals surface area contributed by atoms with Gasteiger partial charge < -0.3 is 10.4 Å². The van der Waals surface area contributed by atoms with Gasteiger partial charge in [0.1, 0.15) is 0 Å². The van der Waals surface area contributed by atoms with Crippen molar-refractivity contribution in [3.8, 4) is 6.07 Å². The molecule has 1 amide bonds. The molecule has 0 aliphatic carbocycles. The maximum absolute atomic E-state index is 12.0. The third kappa shape index (κ3) is 3.80. The zero-order valence-electron chi connectivity index (χ0n) is 11.4. The van der Waals surface area contributed by atoms with Gasteiger partial charge in [-0.05, 0) is 37.1 Å². The second kappa shape index (κ2) is 7.04. The minimum Gasteiger partial charge on any atom is -0.395 e. The van der Waals surface area contributed by atoms with Crippen molar-refractivity contribution < 1.29 is 9.90 Å². The van der Waals surface area contributed by atoms with Gasteiger partial charge in [0.25, 0.3) is 0 Å². The van der Waals surface area contributed by atoms with E-state index in [2.05, 4.69) is 11.4 Å². The summed E-state index contributed by atoms with van der Waals surface area (Å²) in [6.45, 7) is 1.28. The molecule has 0 bridgehead atoms. The molecule has 1 aromatic rings. The molecule has 2 N–H and O–H groups in total. The molecule has 5 heteroatoms. The number of nitrogens with one attached hydrogen (secondary N) is 1. The number of anilines is 1. The van der Waals surface area contributed by atoms with Crippen LogP contribution in [0.5, 0.6) is 0 Å². The number of nitrogens with zero attached hydrogens (tertiary/aromatic N) is 2. The van der Waals surface area contributed by atoms with Crippen molar-refractivity contribution in [2.24, 2.45) is 0 Å². The Kier molecular flexibility index (Phi) is 5.10. The van der Waals surface area contributed by atoms with Gasteiger partial charge in [-0.25, -0.2) is 0 Å². The van der Waals surface area contributed by atoms with Crippen molar-refractivity contribution in [1.29, 1.82) is 5.26 Å². The number of carbonyl (C=O) groups is 1. The van der Waals surface area contributed by atoms with Crippen LogP contribution in [0.3, 0.4) is 0 Å². The minimum absolute atomic E-state index is 0.0709. The molecular formula is C15H19N3O2. The predicted octanol–water partition coefficient (Wildman–Crippen LogP) is 1.15. The van der Waals surface area contributed by atoms with Crippen LogP contribution >= 0.6 is 0 Å². The minimum atomic E-state index is -0.0709. The molecule has 0 aromatic heterocycles. The van der Waals surface area contributed by atoms with Crippen LogP contribution in [0.2, 0.25) is 0 Å². The predicted molar refractivity (Wildman–Crippen MR) is 76.1 cm³/mol. The second-order valence-corrected chi connectivity index (χ2v) is 5.03. The van der Waals surface area contributed by atoms with Gasteiger partial charge in [-0.2, -0.15) is 5.26 Å². The van der Waals surface area contributed by atoms with Crippen LogP contribution in [0.15, 0.2) is 24.3 Å². The van der Waals surface area contributed by atoms with Crippen molar-refractivity contribution in [2.45, 2.75) is 25.3 Å². The van der Waals surface area contributed by atoms with Gasteiger partial charge >= 0.3 is 0 Å². The van der Waals surface area contributed by atoms with E-state index in [0.717, 1.165) is 30.6 Å². The normalized spacial score (nSPS) is 18.7. The number of amides is 1. The van der Waals surface area contributed by atoms with E-state index in [1.807, 2.05) is 17.0 Å². The Bertz CT molecular complexity index is 493. The van der Waals surface area contributed by atoms with Gasteiger partial charge in [0.15, 0.2) is 0 Å². The topological polar surface area (TPSA) is 76.4 Å². The van der Waals surface area contributed by atoms with Crippen LogP contribution in [0.4, 0.5) is 5.69 Å². The first-order valence-corrected chi connectivity index (χ1v) is 6.83. The van der Waals surface area contributed by atoms with Crippen LogP contribution in [-0.2, 0) is 11.2 Å². The summed E-state index contributed by atoms with van der Waals surface area (Å²) in [5, 5.41) is 20.7. The lowest BCUT2D eigenvalue weighted by molar-refractivity contribution is -0.117. The third-order valence-electron chi connectivity index (χ3n) is 3.58. The van der Waals surface area contributed by atoms with Crippen molar-refractivity contribution >= 4 is 11.6 Å². The van der Waals surface area contributed by atoms with Gasteiger partial charge in [-0.1, -0.05) is 12.1 Å². The lowest BCUT2D eigenvalue weighted by Crippen LogP contribution is -2.38. The summed E-state index contributed by atoms with van der Waals surface area (Å²) in [5.41, 5.74) is 1.67. The Morgan fingerprint density at radius 3 is 2.85 bits per heavy atom. The molecule has 1 unspecified atom stereocenters. The fourth-order valence-corrected chi connectivity index (χ4v) is 2.49. The van der Waals surface area contributed by atoms with E-state index in [0.29, 0.717) is 13.0 Å². The molecule has 1 atom stereocenters. The van der Waals surface area contributed by atoms with E-state index >= 15 is 0 Å². The average Bonchev–Trinajstić information content (AvgIpc) is 2.88. The van der Waals surface area contributed by atoms with Gasteiger partial charge in [0, 0.05) is 11.7 Å². The third-order valence-corrected chi connectivity index (χ3v) is 3.58. The number of carbonyl (C=O) groups excluding carboxylic acids is 1. The van der Waals surface area contributed by atoms with E-state index in [1.165, 1.54) is 0 Å². The SMILES string of the molecule is N#CCc1ccc(NC(=O)CN2CCCC2CO)cc1. The van der Waals surface area contributed by atoms with Gasteiger partial charge in [-0.3, -0.25) is 9.69 Å². The molecule has 1 aliphatic heterocycles. The highest BCUT2D eigenvalue weighted by molar-refractivity contribution is 5.92. The molecule has 1 aromatic carbocycles. The molecule has 1 fully saturated rings. The quantitative estimate of drug-likeness (QED) is 0.843. The lowest BCUT2D eigenvalue weighted by atomic mass is 10.1. The van der Waals surface area contributed by atoms with E-state index in [4.69, 9.17) is 5.26 Å². The number of likely N-dealkylation sites (tertiary alicyclic amines) is 1. The van der Waals surface area contributed by atoms with Crippen molar-refractivity contribution in [2.75, 3.05) is 25.0 Å². The highest BCUT2D eigenvalue weighted by Crippen LogP contribution is 2.16. The molecule has 0 spiro atoms. The molecule has 0 saturated carbocycles. The van der Waals surface area contributed by atoms with Crippen LogP contribution < -0.4 is 5.32 Å². The number of rotatable bonds is 5. The Labute approximate surface area is 118 Å². The summed E-state index contributed by atoms with van der Waals surface area (Å²) in [5.74, 6) is -0.0709. The molecule has 5 nitrogen and oxygen atoms in total. The van der Waals surface area contributed by atoms with Crippen LogP contribution in [-0.4, -0.2) is 41.7 Å². The highest BCUT2D eigenvalue weighted by atomic mass is 16.3. The number of aliphatic hydroxyl groups excluding tert-OH is 1. The first-order chi connectivity index (χ1) is 9.72. The van der Waals surface area contributed by atoms with E-state index in [1.54, 1.807) is 12.1 Å². The van der Waals surface area contributed by atoms with Crippen LogP contribution in [0.1, 0.15) is 18.4 Å². The summed E-state index contributed by atoms with van der Waals surface area (Å²) in [7, 11) is 0. The van der Waals surface area contributed by atoms with E-state index < -0.39 is 0 Å². The number of benzene rings is 1. The summed E-state index contributed by atoms with van der Waals surface area (Å²) in [4.78, 5) is 14.0. The van der Waals surface area contributed by atoms with Crippen molar-refractivity contribution in [3.05, 3.63) is 29.8 Å². The molecule has 2 rings (SSSR count). The number of aliphatic hydroxyl groups is 1. The van der Waals surface area contributed by atoms with E-state index in [9.17, 15) is 9.90 Å². The monoisotopic (exact) mass is 273 g/mol. The lowest BCUT2D eigenvalue weighted by Gasteiger charge is -2.21. The standard InChI is InChI=1S/C15H19N3O2/c16-8-7-12-3-5-13(6-4-12)17-15(20)10-18-9-1-2-14(18)11-19/h3-6,14,19H,1-2,7,9-11H2,(H,17,20). The van der Waals surface area contributed by atoms with Gasteiger partial charge in [-0.15, -0.1) is 0 Å². The van der Waals surface area contributed by atoms with Crippen LogP contribution in [0.25, 0.3) is 0 Å². The summed E-state index contributed by atoms with van der Waals surface area (Å²) in [6.07, 6.45) is 2.36. The number of nitriles is 1. The molecule has 1 heterocycles. The largest absolute Gasteiger partial charge is 0.395 e. The first-order valence-electron chi connectivity index (χ1n) is 6.83. The second-order valence-electron chi connectivity index (χ2n) is 5.03. The molecule has 20 heavy (non-hydrogen) atoms. The fourth-order valence-electron chi connectivity index (χ4n) is 2.49.